The Morgan fingerprint density at radius 3 is 3.00 bits per heavy atom. The summed E-state index contributed by atoms with van der Waals surface area (Å²) in [5.74, 6) is 0. The summed E-state index contributed by atoms with van der Waals surface area (Å²) in [5, 5.41) is 16.9. The van der Waals surface area contributed by atoms with Crippen LogP contribution >= 0.6 is 0 Å². The fourth-order valence-electron chi connectivity index (χ4n) is 1.81. The number of hydrogen-bond acceptors (Lipinski definition) is 5. The lowest BCUT2D eigenvalue weighted by Gasteiger charge is -2.15. The van der Waals surface area contributed by atoms with Gasteiger partial charge < -0.3 is 16.4 Å². The highest BCUT2D eigenvalue weighted by atomic mass is 16.2. The Hall–Kier alpha value is -2.48. The van der Waals surface area contributed by atoms with Crippen molar-refractivity contribution in [2.75, 3.05) is 13.1 Å². The first-order chi connectivity index (χ1) is 9.66. The molecule has 1 aromatic carbocycles. The van der Waals surface area contributed by atoms with Crippen LogP contribution in [0.2, 0.25) is 0 Å². The van der Waals surface area contributed by atoms with E-state index in [9.17, 15) is 4.79 Å². The minimum atomic E-state index is -0.514. The van der Waals surface area contributed by atoms with E-state index in [-0.39, 0.29) is 6.04 Å². The average molecular weight is 275 g/mol. The molecule has 2 amide bonds. The lowest BCUT2D eigenvalue weighted by atomic mass is 10.1. The molecular weight excluding hydrogens is 258 g/mol. The van der Waals surface area contributed by atoms with Gasteiger partial charge in [-0.05, 0) is 35.0 Å². The van der Waals surface area contributed by atoms with Gasteiger partial charge in [-0.15, -0.1) is 5.10 Å². The molecule has 1 heterocycles. The Balaban J connectivity index is 1.94. The molecule has 0 aliphatic carbocycles. The second-order valence-corrected chi connectivity index (χ2v) is 4.32. The minimum absolute atomic E-state index is 0.140. The number of urea groups is 1. The molecule has 0 aliphatic rings. The van der Waals surface area contributed by atoms with E-state index in [1.807, 2.05) is 31.2 Å². The van der Waals surface area contributed by atoms with Crippen molar-refractivity contribution in [1.29, 1.82) is 0 Å². The van der Waals surface area contributed by atoms with Crippen LogP contribution in [0.15, 0.2) is 30.6 Å². The van der Waals surface area contributed by atoms with E-state index in [0.29, 0.717) is 13.1 Å². The molecule has 4 N–H and O–H groups in total. The summed E-state index contributed by atoms with van der Waals surface area (Å²) in [7, 11) is 0. The highest BCUT2D eigenvalue weighted by Gasteiger charge is 2.06. The molecule has 1 aromatic heterocycles. The number of nitrogens with zero attached hydrogens (tertiary/aromatic N) is 4. The van der Waals surface area contributed by atoms with Crippen LogP contribution in [0.1, 0.15) is 18.5 Å². The molecule has 0 bridgehead atoms. The van der Waals surface area contributed by atoms with E-state index in [2.05, 4.69) is 26.2 Å². The zero-order valence-electron chi connectivity index (χ0n) is 11.2. The normalized spacial score (nSPS) is 12.1. The van der Waals surface area contributed by atoms with Crippen molar-refractivity contribution in [3.63, 3.8) is 0 Å². The van der Waals surface area contributed by atoms with Crippen LogP contribution in [-0.2, 0) is 0 Å². The Labute approximate surface area is 116 Å². The highest BCUT2D eigenvalue weighted by molar-refractivity contribution is 5.71. The number of tetrazole rings is 1. The van der Waals surface area contributed by atoms with Crippen molar-refractivity contribution >= 4 is 6.03 Å². The first kappa shape index (κ1) is 13.9. The zero-order valence-corrected chi connectivity index (χ0v) is 11.2. The number of nitrogens with one attached hydrogen (secondary N) is 2. The number of aromatic nitrogens is 4. The van der Waals surface area contributed by atoms with E-state index < -0.39 is 6.03 Å². The van der Waals surface area contributed by atoms with Crippen LogP contribution in [0.3, 0.4) is 0 Å². The van der Waals surface area contributed by atoms with Gasteiger partial charge in [0.1, 0.15) is 6.33 Å². The lowest BCUT2D eigenvalue weighted by molar-refractivity contribution is 0.249. The smallest absolute Gasteiger partial charge is 0.312 e. The second-order valence-electron chi connectivity index (χ2n) is 4.32. The summed E-state index contributed by atoms with van der Waals surface area (Å²) in [6.45, 7) is 3.18. The van der Waals surface area contributed by atoms with E-state index in [0.717, 1.165) is 11.3 Å². The largest absolute Gasteiger partial charge is 0.352 e. The third-order valence-electron chi connectivity index (χ3n) is 2.86. The van der Waals surface area contributed by atoms with Crippen molar-refractivity contribution in [2.24, 2.45) is 5.73 Å². The average Bonchev–Trinajstić information content (AvgIpc) is 2.97. The van der Waals surface area contributed by atoms with Crippen LogP contribution in [-0.4, -0.2) is 39.3 Å². The Bertz CT molecular complexity index is 555. The van der Waals surface area contributed by atoms with Crippen molar-refractivity contribution in [3.8, 4) is 5.69 Å². The summed E-state index contributed by atoms with van der Waals surface area (Å²) >= 11 is 0. The first-order valence-electron chi connectivity index (χ1n) is 6.27. The number of carbonyl (C=O) groups is 1. The number of benzene rings is 1. The monoisotopic (exact) mass is 275 g/mol. The lowest BCUT2D eigenvalue weighted by Crippen LogP contribution is -2.36. The molecule has 0 saturated heterocycles. The number of nitrogens with two attached hydrogens (primary N) is 1. The number of primary amides is 1. The van der Waals surface area contributed by atoms with Crippen LogP contribution in [0.4, 0.5) is 4.79 Å². The van der Waals surface area contributed by atoms with Crippen molar-refractivity contribution in [1.82, 2.24) is 30.8 Å². The summed E-state index contributed by atoms with van der Waals surface area (Å²) in [6, 6.07) is 7.54. The fourth-order valence-corrected chi connectivity index (χ4v) is 1.81. The third kappa shape index (κ3) is 3.75. The molecule has 2 aromatic rings. The molecule has 0 saturated carbocycles. The maximum Gasteiger partial charge on any atom is 0.312 e. The van der Waals surface area contributed by atoms with Gasteiger partial charge in [0, 0.05) is 19.1 Å². The molecule has 1 atom stereocenters. The number of carbonyl (C=O) groups excluding carboxylic acids is 1. The Kier molecular flexibility index (Phi) is 4.61. The van der Waals surface area contributed by atoms with Gasteiger partial charge in [0.15, 0.2) is 0 Å². The third-order valence-corrected chi connectivity index (χ3v) is 2.86. The maximum absolute atomic E-state index is 10.6. The first-order valence-corrected chi connectivity index (χ1v) is 6.27. The van der Waals surface area contributed by atoms with Gasteiger partial charge >= 0.3 is 6.03 Å². The van der Waals surface area contributed by atoms with E-state index >= 15 is 0 Å². The Morgan fingerprint density at radius 1 is 1.45 bits per heavy atom. The zero-order chi connectivity index (χ0) is 14.4. The number of amides is 2. The van der Waals surface area contributed by atoms with Crippen LogP contribution in [0.25, 0.3) is 5.69 Å². The van der Waals surface area contributed by atoms with Gasteiger partial charge in [-0.25, -0.2) is 9.48 Å². The van der Waals surface area contributed by atoms with E-state index in [4.69, 9.17) is 5.73 Å². The molecule has 0 spiro atoms. The van der Waals surface area contributed by atoms with Crippen molar-refractivity contribution < 1.29 is 4.79 Å². The quantitative estimate of drug-likeness (QED) is 0.642. The predicted molar refractivity (Wildman–Crippen MR) is 73.2 cm³/mol. The summed E-state index contributed by atoms with van der Waals surface area (Å²) < 4.78 is 1.60. The van der Waals surface area contributed by atoms with Gasteiger partial charge in [-0.2, -0.15) is 0 Å². The van der Waals surface area contributed by atoms with Crippen molar-refractivity contribution in [2.45, 2.75) is 13.0 Å². The summed E-state index contributed by atoms with van der Waals surface area (Å²) in [6.07, 6.45) is 1.55. The van der Waals surface area contributed by atoms with Crippen LogP contribution in [0, 0.1) is 0 Å². The predicted octanol–water partition coefficient (Wildman–Crippen LogP) is -0.0188. The van der Waals surface area contributed by atoms with Crippen LogP contribution < -0.4 is 16.4 Å². The molecule has 0 aliphatic heterocycles. The van der Waals surface area contributed by atoms with E-state index in [1.54, 1.807) is 11.0 Å². The van der Waals surface area contributed by atoms with Gasteiger partial charge in [0.25, 0.3) is 0 Å². The van der Waals surface area contributed by atoms with Gasteiger partial charge in [0.2, 0.25) is 0 Å². The van der Waals surface area contributed by atoms with Gasteiger partial charge in [-0.1, -0.05) is 12.1 Å². The molecular formula is C12H17N7O. The number of rotatable bonds is 6. The molecule has 8 nitrogen and oxygen atoms in total. The SMILES string of the molecule is CC(NCCNC(N)=O)c1cccc(-n2cnnn2)c1. The summed E-state index contributed by atoms with van der Waals surface area (Å²) in [5.41, 5.74) is 7.00. The highest BCUT2D eigenvalue weighted by Crippen LogP contribution is 2.15. The molecule has 2 rings (SSSR count). The topological polar surface area (TPSA) is 111 Å². The fraction of sp³-hybridized carbons (Fsp3) is 0.333. The summed E-state index contributed by atoms with van der Waals surface area (Å²) in [4.78, 5) is 10.6. The maximum atomic E-state index is 10.6. The Morgan fingerprint density at radius 2 is 2.30 bits per heavy atom. The molecule has 8 heteroatoms. The molecule has 106 valence electrons. The minimum Gasteiger partial charge on any atom is -0.352 e. The second kappa shape index (κ2) is 6.62. The molecule has 20 heavy (non-hydrogen) atoms. The van der Waals surface area contributed by atoms with Gasteiger partial charge in [-0.3, -0.25) is 0 Å². The standard InChI is InChI=1S/C12H17N7O/c1-9(14-5-6-15-12(13)20)10-3-2-4-11(7-10)19-8-16-17-18-19/h2-4,7-9,14H,5-6H2,1H3,(H3,13,15,20). The van der Waals surface area contributed by atoms with Crippen molar-refractivity contribution in [3.05, 3.63) is 36.2 Å². The van der Waals surface area contributed by atoms with Gasteiger partial charge in [0.05, 0.1) is 5.69 Å². The number of hydrogen-bond donors (Lipinski definition) is 3. The molecule has 1 unspecified atom stereocenters. The van der Waals surface area contributed by atoms with E-state index in [1.165, 1.54) is 0 Å². The molecule has 0 fully saturated rings. The molecule has 0 radical (unpaired) electrons. The van der Waals surface area contributed by atoms with Crippen LogP contribution in [0.5, 0.6) is 0 Å².